The van der Waals surface area contributed by atoms with E-state index in [1.165, 1.54) is 33.4 Å². The number of rotatable bonds is 5. The molecular formula is C19H19FN2O4. The van der Waals surface area contributed by atoms with Crippen molar-refractivity contribution in [2.24, 2.45) is 0 Å². The predicted molar refractivity (Wildman–Crippen MR) is 95.0 cm³/mol. The van der Waals surface area contributed by atoms with E-state index in [2.05, 4.69) is 0 Å². The summed E-state index contributed by atoms with van der Waals surface area (Å²) in [5.74, 6) is -1.46. The van der Waals surface area contributed by atoms with Crippen molar-refractivity contribution < 1.29 is 19.4 Å². The zero-order valence-corrected chi connectivity index (χ0v) is 14.4. The van der Waals surface area contributed by atoms with Gasteiger partial charge in [-0.3, -0.25) is 9.13 Å². The van der Waals surface area contributed by atoms with E-state index in [1.54, 1.807) is 32.0 Å². The first-order valence-corrected chi connectivity index (χ1v) is 8.09. The van der Waals surface area contributed by atoms with E-state index in [0.717, 1.165) is 5.56 Å². The maximum atomic E-state index is 13.1. The molecule has 0 saturated heterocycles. The van der Waals surface area contributed by atoms with Crippen molar-refractivity contribution in [3.8, 4) is 0 Å². The van der Waals surface area contributed by atoms with Gasteiger partial charge in [0.2, 0.25) is 0 Å². The standard InChI is InChI=1S/C19H19FN2O4/c1-19(2,26)11-22-16-9-13(17(23)24)5-8-15(16)21(18(22)25)10-12-3-6-14(20)7-4-12/h3-9,26H,10-11H2,1-2H3,(H,23,24). The summed E-state index contributed by atoms with van der Waals surface area (Å²) >= 11 is 0. The Morgan fingerprint density at radius 2 is 1.73 bits per heavy atom. The number of carboxylic acid groups (broad SMARTS) is 1. The van der Waals surface area contributed by atoms with Crippen LogP contribution in [0.3, 0.4) is 0 Å². The number of halogens is 1. The number of aromatic carboxylic acids is 1. The second-order valence-corrected chi connectivity index (χ2v) is 6.90. The molecular weight excluding hydrogens is 339 g/mol. The normalized spacial score (nSPS) is 11.8. The minimum Gasteiger partial charge on any atom is -0.478 e. The number of benzene rings is 2. The molecule has 2 N–H and O–H groups in total. The van der Waals surface area contributed by atoms with Crippen molar-refractivity contribution in [2.75, 3.05) is 0 Å². The predicted octanol–water partition coefficient (Wildman–Crippen LogP) is 2.46. The number of carboxylic acids is 1. The molecule has 26 heavy (non-hydrogen) atoms. The van der Waals surface area contributed by atoms with E-state index < -0.39 is 11.6 Å². The first-order chi connectivity index (χ1) is 12.2. The van der Waals surface area contributed by atoms with Crippen molar-refractivity contribution in [3.63, 3.8) is 0 Å². The molecule has 3 aromatic rings. The second kappa shape index (κ2) is 6.42. The fraction of sp³-hybridized carbons (Fsp3) is 0.263. The van der Waals surface area contributed by atoms with E-state index in [4.69, 9.17) is 0 Å². The molecule has 2 aromatic carbocycles. The molecule has 1 aromatic heterocycles. The maximum absolute atomic E-state index is 13.1. The van der Waals surface area contributed by atoms with Gasteiger partial charge in [0.1, 0.15) is 5.82 Å². The molecule has 0 aliphatic rings. The molecule has 0 unspecified atom stereocenters. The molecule has 0 aliphatic carbocycles. The van der Waals surface area contributed by atoms with Crippen LogP contribution in [0.4, 0.5) is 4.39 Å². The van der Waals surface area contributed by atoms with Crippen LogP contribution in [0.15, 0.2) is 47.3 Å². The first-order valence-electron chi connectivity index (χ1n) is 8.09. The summed E-state index contributed by atoms with van der Waals surface area (Å²) in [7, 11) is 0. The Labute approximate surface area is 148 Å². The fourth-order valence-corrected chi connectivity index (χ4v) is 2.92. The topological polar surface area (TPSA) is 84.5 Å². The lowest BCUT2D eigenvalue weighted by molar-refractivity contribution is 0.0615. The van der Waals surface area contributed by atoms with Crippen molar-refractivity contribution in [1.82, 2.24) is 9.13 Å². The monoisotopic (exact) mass is 358 g/mol. The number of nitrogens with zero attached hydrogens (tertiary/aromatic N) is 2. The van der Waals surface area contributed by atoms with Crippen LogP contribution in [0.5, 0.6) is 0 Å². The SMILES string of the molecule is CC(C)(O)Cn1c(=O)n(Cc2ccc(F)cc2)c2ccc(C(=O)O)cc21. The molecule has 0 saturated carbocycles. The van der Waals surface area contributed by atoms with Crippen LogP contribution in [-0.4, -0.2) is 30.9 Å². The molecule has 0 atom stereocenters. The highest BCUT2D eigenvalue weighted by molar-refractivity contribution is 5.92. The third-order valence-corrected chi connectivity index (χ3v) is 4.06. The summed E-state index contributed by atoms with van der Waals surface area (Å²) in [4.78, 5) is 24.2. The summed E-state index contributed by atoms with van der Waals surface area (Å²) in [6.07, 6.45) is 0. The Hall–Kier alpha value is -2.93. The molecule has 1 heterocycles. The molecule has 136 valence electrons. The van der Waals surface area contributed by atoms with Crippen LogP contribution in [0.25, 0.3) is 11.0 Å². The number of fused-ring (bicyclic) bond motifs is 1. The first kappa shape index (κ1) is 17.9. The third-order valence-electron chi connectivity index (χ3n) is 4.06. The molecule has 6 nitrogen and oxygen atoms in total. The lowest BCUT2D eigenvalue weighted by atomic mass is 10.1. The zero-order chi connectivity index (χ0) is 19.1. The van der Waals surface area contributed by atoms with E-state index in [1.807, 2.05) is 0 Å². The highest BCUT2D eigenvalue weighted by Gasteiger charge is 2.21. The van der Waals surface area contributed by atoms with Crippen molar-refractivity contribution in [3.05, 3.63) is 69.9 Å². The number of imidazole rings is 1. The second-order valence-electron chi connectivity index (χ2n) is 6.90. The van der Waals surface area contributed by atoms with Crippen LogP contribution in [0.2, 0.25) is 0 Å². The van der Waals surface area contributed by atoms with Crippen LogP contribution in [-0.2, 0) is 13.1 Å². The van der Waals surface area contributed by atoms with Gasteiger partial charge in [-0.2, -0.15) is 0 Å². The minimum atomic E-state index is -1.15. The Bertz CT molecular complexity index is 1030. The van der Waals surface area contributed by atoms with Gasteiger partial charge in [-0.15, -0.1) is 0 Å². The molecule has 0 amide bonds. The number of carbonyl (C=O) groups is 1. The molecule has 0 bridgehead atoms. The van der Waals surface area contributed by atoms with Gasteiger partial charge in [0.25, 0.3) is 0 Å². The molecule has 7 heteroatoms. The Kier molecular flexibility index (Phi) is 4.41. The maximum Gasteiger partial charge on any atom is 0.335 e. The van der Waals surface area contributed by atoms with Gasteiger partial charge in [0.05, 0.1) is 35.3 Å². The van der Waals surface area contributed by atoms with Gasteiger partial charge in [0.15, 0.2) is 0 Å². The van der Waals surface area contributed by atoms with E-state index >= 15 is 0 Å². The highest BCUT2D eigenvalue weighted by atomic mass is 19.1. The van der Waals surface area contributed by atoms with Crippen molar-refractivity contribution >= 4 is 17.0 Å². The molecule has 3 rings (SSSR count). The third kappa shape index (κ3) is 3.52. The number of hydrogen-bond donors (Lipinski definition) is 2. The lowest BCUT2D eigenvalue weighted by Crippen LogP contribution is -2.33. The molecule has 0 aliphatic heterocycles. The molecule has 0 spiro atoms. The summed E-state index contributed by atoms with van der Waals surface area (Å²) in [6.45, 7) is 3.37. The Morgan fingerprint density at radius 1 is 1.08 bits per heavy atom. The van der Waals surface area contributed by atoms with Crippen LogP contribution >= 0.6 is 0 Å². The fourth-order valence-electron chi connectivity index (χ4n) is 2.92. The van der Waals surface area contributed by atoms with Gasteiger partial charge < -0.3 is 10.2 Å². The van der Waals surface area contributed by atoms with Crippen LogP contribution < -0.4 is 5.69 Å². The van der Waals surface area contributed by atoms with Crippen molar-refractivity contribution in [2.45, 2.75) is 32.5 Å². The zero-order valence-electron chi connectivity index (χ0n) is 14.4. The Balaban J connectivity index is 2.19. The number of aliphatic hydroxyl groups is 1. The van der Waals surface area contributed by atoms with Gasteiger partial charge in [-0.25, -0.2) is 14.0 Å². The highest BCUT2D eigenvalue weighted by Crippen LogP contribution is 2.19. The van der Waals surface area contributed by atoms with Crippen LogP contribution in [0, 0.1) is 5.82 Å². The smallest absolute Gasteiger partial charge is 0.335 e. The summed E-state index contributed by atoms with van der Waals surface area (Å²) < 4.78 is 16.0. The largest absolute Gasteiger partial charge is 0.478 e. The number of hydrogen-bond acceptors (Lipinski definition) is 3. The van der Waals surface area contributed by atoms with Gasteiger partial charge in [0, 0.05) is 0 Å². The van der Waals surface area contributed by atoms with Crippen molar-refractivity contribution in [1.29, 1.82) is 0 Å². The Morgan fingerprint density at radius 3 is 2.31 bits per heavy atom. The van der Waals surface area contributed by atoms with Gasteiger partial charge in [-0.05, 0) is 49.7 Å². The van der Waals surface area contributed by atoms with Gasteiger partial charge >= 0.3 is 11.7 Å². The quantitative estimate of drug-likeness (QED) is 0.734. The number of aromatic nitrogens is 2. The van der Waals surface area contributed by atoms with E-state index in [9.17, 15) is 24.2 Å². The molecule has 0 radical (unpaired) electrons. The summed E-state index contributed by atoms with van der Waals surface area (Å²) in [5, 5.41) is 19.4. The minimum absolute atomic E-state index is 0.0157. The van der Waals surface area contributed by atoms with Gasteiger partial charge in [-0.1, -0.05) is 12.1 Å². The van der Waals surface area contributed by atoms with E-state index in [-0.39, 0.29) is 30.2 Å². The molecule has 0 fully saturated rings. The summed E-state index contributed by atoms with van der Waals surface area (Å²) in [5.41, 5.74) is 0.249. The average molecular weight is 358 g/mol. The average Bonchev–Trinajstić information content (AvgIpc) is 2.80. The van der Waals surface area contributed by atoms with Crippen LogP contribution in [0.1, 0.15) is 29.8 Å². The summed E-state index contributed by atoms with van der Waals surface area (Å²) in [6, 6.07) is 10.2. The van der Waals surface area contributed by atoms with E-state index in [0.29, 0.717) is 11.0 Å². The lowest BCUT2D eigenvalue weighted by Gasteiger charge is -2.17.